The Morgan fingerprint density at radius 2 is 1.75 bits per heavy atom. The third kappa shape index (κ3) is 2.74. The van der Waals surface area contributed by atoms with E-state index in [0.717, 1.165) is 0 Å². The molecule has 4 N–H and O–H groups in total. The molecule has 0 fully saturated rings. The van der Waals surface area contributed by atoms with Crippen LogP contribution < -0.4 is 16.4 Å². The molecule has 0 aliphatic carbocycles. The van der Waals surface area contributed by atoms with Crippen LogP contribution in [0, 0.1) is 22.7 Å². The van der Waals surface area contributed by atoms with Gasteiger partial charge >= 0.3 is 0 Å². The highest BCUT2D eigenvalue weighted by atomic mass is 15.1. The maximum absolute atomic E-state index is 8.98. The van der Waals surface area contributed by atoms with E-state index in [1.807, 2.05) is 12.1 Å². The molecule has 2 aromatic rings. The van der Waals surface area contributed by atoms with Crippen LogP contribution in [0.3, 0.4) is 0 Å². The number of nitrogen functional groups attached to an aromatic ring is 1. The second-order valence-electron chi connectivity index (χ2n) is 3.86. The summed E-state index contributed by atoms with van der Waals surface area (Å²) in [4.78, 5) is 8.02. The van der Waals surface area contributed by atoms with Crippen LogP contribution >= 0.6 is 0 Å². The molecule has 0 amide bonds. The molecule has 0 atom stereocenters. The summed E-state index contributed by atoms with van der Waals surface area (Å²) < 4.78 is 0. The summed E-state index contributed by atoms with van der Waals surface area (Å²) >= 11 is 0. The van der Waals surface area contributed by atoms with Gasteiger partial charge in [-0.05, 0) is 18.2 Å². The van der Waals surface area contributed by atoms with Crippen LogP contribution in [0.15, 0.2) is 24.3 Å². The van der Waals surface area contributed by atoms with Gasteiger partial charge in [-0.25, -0.2) is 0 Å². The Balaban J connectivity index is 2.33. The number of nitrogens with two attached hydrogens (primary N) is 1. The average molecular weight is 265 g/mol. The Labute approximate surface area is 115 Å². The predicted octanol–water partition coefficient (Wildman–Crippen LogP) is 1.59. The van der Waals surface area contributed by atoms with Gasteiger partial charge in [0, 0.05) is 18.8 Å². The van der Waals surface area contributed by atoms with Gasteiger partial charge < -0.3 is 16.4 Å². The molecule has 20 heavy (non-hydrogen) atoms. The molecular formula is C13H11N7. The van der Waals surface area contributed by atoms with Gasteiger partial charge in [0.25, 0.3) is 0 Å². The van der Waals surface area contributed by atoms with Gasteiger partial charge in [0.05, 0.1) is 11.1 Å². The molecule has 1 aromatic heterocycles. The molecule has 1 heterocycles. The molecule has 0 radical (unpaired) electrons. The van der Waals surface area contributed by atoms with Crippen LogP contribution in [0.5, 0.6) is 0 Å². The smallest absolute Gasteiger partial charge is 0.223 e. The Kier molecular flexibility index (Phi) is 3.64. The van der Waals surface area contributed by atoms with Crippen molar-refractivity contribution in [3.05, 3.63) is 35.4 Å². The normalized spacial score (nSPS) is 9.35. The summed E-state index contributed by atoms with van der Waals surface area (Å²) in [5.74, 6) is 1.21. The lowest BCUT2D eigenvalue weighted by molar-refractivity contribution is 1.17. The number of anilines is 4. The Morgan fingerprint density at radius 1 is 1.05 bits per heavy atom. The van der Waals surface area contributed by atoms with Crippen molar-refractivity contribution < 1.29 is 0 Å². The van der Waals surface area contributed by atoms with Gasteiger partial charge in [-0.1, -0.05) is 0 Å². The molecule has 0 saturated carbocycles. The second kappa shape index (κ2) is 5.55. The van der Waals surface area contributed by atoms with Gasteiger partial charge in [0.15, 0.2) is 0 Å². The maximum atomic E-state index is 8.98. The third-order valence-electron chi connectivity index (χ3n) is 2.53. The van der Waals surface area contributed by atoms with Crippen molar-refractivity contribution in [1.29, 1.82) is 10.5 Å². The number of rotatable bonds is 3. The zero-order chi connectivity index (χ0) is 14.5. The SMILES string of the molecule is CNc1cc(Nc2ccc(C#N)c(C#N)c2)nc(N)n1. The van der Waals surface area contributed by atoms with Crippen molar-refractivity contribution in [3.8, 4) is 12.1 Å². The minimum atomic E-state index is 0.133. The number of nitrogens with one attached hydrogen (secondary N) is 2. The largest absolute Gasteiger partial charge is 0.373 e. The monoisotopic (exact) mass is 265 g/mol. The number of nitriles is 2. The lowest BCUT2D eigenvalue weighted by Crippen LogP contribution is -2.03. The highest BCUT2D eigenvalue weighted by molar-refractivity contribution is 5.64. The first-order valence-electron chi connectivity index (χ1n) is 5.70. The molecule has 7 heteroatoms. The fourth-order valence-electron chi connectivity index (χ4n) is 1.62. The summed E-state index contributed by atoms with van der Waals surface area (Å²) in [5, 5.41) is 23.7. The fraction of sp³-hybridized carbons (Fsp3) is 0.0769. The van der Waals surface area contributed by atoms with Gasteiger partial charge in [-0.3, -0.25) is 0 Å². The second-order valence-corrected chi connectivity index (χ2v) is 3.86. The number of nitrogens with zero attached hydrogens (tertiary/aromatic N) is 4. The Bertz CT molecular complexity index is 724. The van der Waals surface area contributed by atoms with Crippen molar-refractivity contribution in [3.63, 3.8) is 0 Å². The third-order valence-corrected chi connectivity index (χ3v) is 2.53. The minimum absolute atomic E-state index is 0.133. The van der Waals surface area contributed by atoms with Crippen molar-refractivity contribution in [2.45, 2.75) is 0 Å². The van der Waals surface area contributed by atoms with Gasteiger partial charge in [0.2, 0.25) is 5.95 Å². The zero-order valence-corrected chi connectivity index (χ0v) is 10.7. The summed E-state index contributed by atoms with van der Waals surface area (Å²) in [6.07, 6.45) is 0. The summed E-state index contributed by atoms with van der Waals surface area (Å²) in [6.45, 7) is 0. The summed E-state index contributed by atoms with van der Waals surface area (Å²) in [6, 6.07) is 10.5. The van der Waals surface area contributed by atoms with Gasteiger partial charge in [0.1, 0.15) is 23.8 Å². The minimum Gasteiger partial charge on any atom is -0.373 e. The molecule has 0 aliphatic rings. The molecule has 0 spiro atoms. The molecule has 1 aromatic carbocycles. The number of aromatic nitrogens is 2. The van der Waals surface area contributed by atoms with Crippen LogP contribution in [0.2, 0.25) is 0 Å². The van der Waals surface area contributed by atoms with Crippen molar-refractivity contribution in [2.75, 3.05) is 23.4 Å². The van der Waals surface area contributed by atoms with Crippen LogP contribution in [-0.2, 0) is 0 Å². The van der Waals surface area contributed by atoms with Gasteiger partial charge in [-0.15, -0.1) is 0 Å². The van der Waals surface area contributed by atoms with Crippen LogP contribution in [-0.4, -0.2) is 17.0 Å². The molecule has 0 saturated heterocycles. The van der Waals surface area contributed by atoms with E-state index in [-0.39, 0.29) is 5.95 Å². The fourth-order valence-corrected chi connectivity index (χ4v) is 1.62. The first-order chi connectivity index (χ1) is 9.66. The quantitative estimate of drug-likeness (QED) is 0.769. The van der Waals surface area contributed by atoms with Crippen molar-refractivity contribution in [1.82, 2.24) is 9.97 Å². The average Bonchev–Trinajstić information content (AvgIpc) is 2.46. The molecule has 0 unspecified atom stereocenters. The summed E-state index contributed by atoms with van der Waals surface area (Å²) in [5.41, 5.74) is 6.86. The van der Waals surface area contributed by atoms with E-state index in [2.05, 4.69) is 20.6 Å². The molecule has 0 bridgehead atoms. The highest BCUT2D eigenvalue weighted by Gasteiger charge is 2.05. The molecule has 2 rings (SSSR count). The predicted molar refractivity (Wildman–Crippen MR) is 75.1 cm³/mol. The van der Waals surface area contributed by atoms with E-state index in [1.165, 1.54) is 0 Å². The van der Waals surface area contributed by atoms with E-state index in [1.54, 1.807) is 31.3 Å². The van der Waals surface area contributed by atoms with Crippen LogP contribution in [0.1, 0.15) is 11.1 Å². The van der Waals surface area contributed by atoms with E-state index < -0.39 is 0 Å². The Morgan fingerprint density at radius 3 is 2.40 bits per heavy atom. The molecule has 7 nitrogen and oxygen atoms in total. The number of hydrogen-bond acceptors (Lipinski definition) is 7. The molecule has 98 valence electrons. The topological polar surface area (TPSA) is 123 Å². The highest BCUT2D eigenvalue weighted by Crippen LogP contribution is 2.20. The number of benzene rings is 1. The Hall–Kier alpha value is -3.32. The van der Waals surface area contributed by atoms with Crippen molar-refractivity contribution >= 4 is 23.3 Å². The molecular weight excluding hydrogens is 254 g/mol. The lowest BCUT2D eigenvalue weighted by atomic mass is 10.1. The van der Waals surface area contributed by atoms with E-state index in [4.69, 9.17) is 16.3 Å². The standard InChI is InChI=1S/C13H11N7/c1-17-11-5-12(20-13(16)19-11)18-10-3-2-8(6-14)9(4-10)7-15/h2-5H,1H3,(H4,16,17,18,19,20). The van der Waals surface area contributed by atoms with Gasteiger partial charge in [-0.2, -0.15) is 20.5 Å². The van der Waals surface area contributed by atoms with E-state index in [9.17, 15) is 0 Å². The maximum Gasteiger partial charge on any atom is 0.223 e. The van der Waals surface area contributed by atoms with Crippen LogP contribution in [0.4, 0.5) is 23.3 Å². The molecule has 0 aliphatic heterocycles. The van der Waals surface area contributed by atoms with Crippen molar-refractivity contribution in [2.24, 2.45) is 0 Å². The first kappa shape index (κ1) is 13.1. The first-order valence-corrected chi connectivity index (χ1v) is 5.70. The van der Waals surface area contributed by atoms with Crippen LogP contribution in [0.25, 0.3) is 0 Å². The summed E-state index contributed by atoms with van der Waals surface area (Å²) in [7, 11) is 1.72. The van der Waals surface area contributed by atoms with E-state index >= 15 is 0 Å². The van der Waals surface area contributed by atoms with E-state index in [0.29, 0.717) is 28.5 Å². The zero-order valence-electron chi connectivity index (χ0n) is 10.7. The number of hydrogen-bond donors (Lipinski definition) is 3. The lowest BCUT2D eigenvalue weighted by Gasteiger charge is -2.08.